The van der Waals surface area contributed by atoms with Gasteiger partial charge >= 0.3 is 0 Å². The molecule has 0 N–H and O–H groups in total. The van der Waals surface area contributed by atoms with E-state index in [1.165, 1.54) is 0 Å². The molecule has 23 heavy (non-hydrogen) atoms. The van der Waals surface area contributed by atoms with Crippen LogP contribution in [0.5, 0.6) is 0 Å². The number of hydrogen-bond donors (Lipinski definition) is 0. The second-order valence-electron chi connectivity index (χ2n) is 5.75. The van der Waals surface area contributed by atoms with Crippen LogP contribution in [0.1, 0.15) is 25.0 Å². The number of morpholine rings is 1. The Kier molecular flexibility index (Phi) is 6.58. The van der Waals surface area contributed by atoms with Crippen LogP contribution in [0.4, 0.5) is 0 Å². The summed E-state index contributed by atoms with van der Waals surface area (Å²) in [4.78, 5) is 16.3. The second kappa shape index (κ2) is 8.44. The van der Waals surface area contributed by atoms with Crippen LogP contribution >= 0.6 is 15.9 Å². The van der Waals surface area contributed by atoms with Crippen molar-refractivity contribution in [3.8, 4) is 6.07 Å². The van der Waals surface area contributed by atoms with Gasteiger partial charge in [-0.15, -0.1) is 0 Å². The van der Waals surface area contributed by atoms with Crippen molar-refractivity contribution in [1.29, 1.82) is 5.26 Å². The molecular formula is C17H22BrN3O2. The van der Waals surface area contributed by atoms with Gasteiger partial charge in [0.2, 0.25) is 5.91 Å². The predicted octanol–water partition coefficient (Wildman–Crippen LogP) is 2.58. The van der Waals surface area contributed by atoms with E-state index < -0.39 is 0 Å². The lowest BCUT2D eigenvalue weighted by atomic mass is 10.1. The van der Waals surface area contributed by atoms with Gasteiger partial charge in [-0.05, 0) is 24.6 Å². The van der Waals surface area contributed by atoms with Gasteiger partial charge < -0.3 is 9.64 Å². The number of rotatable bonds is 5. The van der Waals surface area contributed by atoms with Gasteiger partial charge in [0.05, 0.1) is 31.2 Å². The molecule has 0 radical (unpaired) electrons. The first-order valence-electron chi connectivity index (χ1n) is 7.76. The summed E-state index contributed by atoms with van der Waals surface area (Å²) in [5.74, 6) is 0.0525. The summed E-state index contributed by atoms with van der Waals surface area (Å²) in [5.41, 5.74) is 1.12. The van der Waals surface area contributed by atoms with Crippen LogP contribution in [0.3, 0.4) is 0 Å². The fraction of sp³-hybridized carbons (Fsp3) is 0.529. The molecule has 1 aliphatic heterocycles. The fourth-order valence-electron chi connectivity index (χ4n) is 2.70. The zero-order valence-corrected chi connectivity index (χ0v) is 15.1. The van der Waals surface area contributed by atoms with E-state index in [1.54, 1.807) is 11.9 Å². The lowest BCUT2D eigenvalue weighted by molar-refractivity contribution is -0.138. The van der Waals surface area contributed by atoms with Crippen molar-refractivity contribution < 1.29 is 9.53 Å². The van der Waals surface area contributed by atoms with Crippen molar-refractivity contribution in [2.75, 3.05) is 33.3 Å². The van der Waals surface area contributed by atoms with E-state index >= 15 is 0 Å². The van der Waals surface area contributed by atoms with Crippen LogP contribution in [0.25, 0.3) is 0 Å². The van der Waals surface area contributed by atoms with Crippen LogP contribution in [-0.4, -0.2) is 55.0 Å². The zero-order valence-electron chi connectivity index (χ0n) is 13.5. The topological polar surface area (TPSA) is 56.6 Å². The number of carbonyl (C=O) groups excluding carboxylic acids is 1. The van der Waals surface area contributed by atoms with E-state index in [0.717, 1.165) is 16.6 Å². The highest BCUT2D eigenvalue weighted by Crippen LogP contribution is 2.25. The highest BCUT2D eigenvalue weighted by molar-refractivity contribution is 9.10. The van der Waals surface area contributed by atoms with Gasteiger partial charge in [-0.25, -0.2) is 0 Å². The van der Waals surface area contributed by atoms with Gasteiger partial charge in [0.15, 0.2) is 0 Å². The van der Waals surface area contributed by atoms with Gasteiger partial charge in [0.25, 0.3) is 0 Å². The second-order valence-corrected chi connectivity index (χ2v) is 6.67. The summed E-state index contributed by atoms with van der Waals surface area (Å²) < 4.78 is 6.90. The molecule has 1 amide bonds. The summed E-state index contributed by atoms with van der Waals surface area (Å²) in [5, 5.41) is 8.65. The molecule has 2 atom stereocenters. The Morgan fingerprint density at radius 3 is 2.87 bits per heavy atom. The van der Waals surface area contributed by atoms with Gasteiger partial charge in [-0.3, -0.25) is 9.69 Å². The standard InChI is InChI=1S/C17H22BrN3O2/c1-13(17(22)20(2)9-3-8-19)21-10-11-23-16(12-21)14-4-6-15(18)7-5-14/h4-7,13,16H,3,9-12H2,1-2H3/t13-,16+/m1/s1. The molecular weight excluding hydrogens is 358 g/mol. The summed E-state index contributed by atoms with van der Waals surface area (Å²) in [7, 11) is 1.75. The van der Waals surface area contributed by atoms with E-state index in [4.69, 9.17) is 10.00 Å². The molecule has 1 aromatic rings. The molecule has 1 heterocycles. The Balaban J connectivity index is 1.98. The lowest BCUT2D eigenvalue weighted by Gasteiger charge is -2.37. The van der Waals surface area contributed by atoms with Crippen LogP contribution in [-0.2, 0) is 9.53 Å². The molecule has 1 aliphatic rings. The highest BCUT2D eigenvalue weighted by atomic mass is 79.9. The van der Waals surface area contributed by atoms with Crippen molar-refractivity contribution in [3.05, 3.63) is 34.3 Å². The molecule has 0 saturated carbocycles. The van der Waals surface area contributed by atoms with Crippen molar-refractivity contribution >= 4 is 21.8 Å². The van der Waals surface area contributed by atoms with E-state index in [-0.39, 0.29) is 18.1 Å². The Labute approximate surface area is 145 Å². The third kappa shape index (κ3) is 4.77. The van der Waals surface area contributed by atoms with Crippen LogP contribution in [0, 0.1) is 11.3 Å². The largest absolute Gasteiger partial charge is 0.371 e. The molecule has 124 valence electrons. The average molecular weight is 380 g/mol. The van der Waals surface area contributed by atoms with Crippen LogP contribution in [0.2, 0.25) is 0 Å². The molecule has 5 nitrogen and oxygen atoms in total. The minimum atomic E-state index is -0.208. The Bertz CT molecular complexity index is 570. The maximum absolute atomic E-state index is 12.5. The molecule has 0 aromatic heterocycles. The molecule has 2 rings (SSSR count). The number of amides is 1. The van der Waals surface area contributed by atoms with Gasteiger partial charge in [0, 0.05) is 31.2 Å². The van der Waals surface area contributed by atoms with Crippen LogP contribution in [0.15, 0.2) is 28.7 Å². The predicted molar refractivity (Wildman–Crippen MR) is 91.7 cm³/mol. The summed E-state index contributed by atoms with van der Waals surface area (Å²) in [6.45, 7) is 4.45. The van der Waals surface area contributed by atoms with E-state index in [9.17, 15) is 4.79 Å². The average Bonchev–Trinajstić information content (AvgIpc) is 2.59. The van der Waals surface area contributed by atoms with Crippen molar-refractivity contribution in [1.82, 2.24) is 9.80 Å². The van der Waals surface area contributed by atoms with Crippen molar-refractivity contribution in [3.63, 3.8) is 0 Å². The maximum Gasteiger partial charge on any atom is 0.239 e. The fourth-order valence-corrected chi connectivity index (χ4v) is 2.97. The molecule has 0 bridgehead atoms. The quantitative estimate of drug-likeness (QED) is 0.788. The number of halogens is 1. The van der Waals surface area contributed by atoms with Crippen molar-refractivity contribution in [2.24, 2.45) is 0 Å². The van der Waals surface area contributed by atoms with E-state index in [2.05, 4.69) is 26.9 Å². The normalized spacial score (nSPS) is 19.8. The first-order valence-corrected chi connectivity index (χ1v) is 8.55. The summed E-state index contributed by atoms with van der Waals surface area (Å²) >= 11 is 3.44. The molecule has 1 aromatic carbocycles. The van der Waals surface area contributed by atoms with E-state index in [1.807, 2.05) is 31.2 Å². The molecule has 0 aliphatic carbocycles. The number of benzene rings is 1. The molecule has 6 heteroatoms. The third-order valence-electron chi connectivity index (χ3n) is 4.18. The van der Waals surface area contributed by atoms with Gasteiger partial charge in [0.1, 0.15) is 0 Å². The molecule has 0 unspecified atom stereocenters. The molecule has 1 fully saturated rings. The highest BCUT2D eigenvalue weighted by Gasteiger charge is 2.30. The Hall–Kier alpha value is -1.42. The number of likely N-dealkylation sites (N-methyl/N-ethyl adjacent to an activating group) is 1. The third-order valence-corrected chi connectivity index (χ3v) is 4.71. The first-order chi connectivity index (χ1) is 11.0. The number of nitriles is 1. The zero-order chi connectivity index (χ0) is 16.8. The SMILES string of the molecule is C[C@H](C(=O)N(C)CCC#N)N1CCO[C@H](c2ccc(Br)cc2)C1. The summed E-state index contributed by atoms with van der Waals surface area (Å²) in [6, 6.07) is 9.96. The monoisotopic (exact) mass is 379 g/mol. The Morgan fingerprint density at radius 2 is 2.22 bits per heavy atom. The number of carbonyl (C=O) groups is 1. The number of nitrogens with zero attached hydrogens (tertiary/aromatic N) is 3. The van der Waals surface area contributed by atoms with Gasteiger partial charge in [-0.2, -0.15) is 5.26 Å². The molecule has 0 spiro atoms. The van der Waals surface area contributed by atoms with Crippen molar-refractivity contribution in [2.45, 2.75) is 25.5 Å². The molecule has 1 saturated heterocycles. The maximum atomic E-state index is 12.5. The smallest absolute Gasteiger partial charge is 0.239 e. The lowest BCUT2D eigenvalue weighted by Crippen LogP contribution is -2.50. The summed E-state index contributed by atoms with van der Waals surface area (Å²) in [6.07, 6.45) is 0.344. The van der Waals surface area contributed by atoms with E-state index in [0.29, 0.717) is 26.1 Å². The Morgan fingerprint density at radius 1 is 1.52 bits per heavy atom. The minimum absolute atomic E-state index is 0.0171. The van der Waals surface area contributed by atoms with Crippen LogP contribution < -0.4 is 0 Å². The van der Waals surface area contributed by atoms with Gasteiger partial charge in [-0.1, -0.05) is 28.1 Å². The minimum Gasteiger partial charge on any atom is -0.371 e. The number of hydrogen-bond acceptors (Lipinski definition) is 4. The first kappa shape index (κ1) is 17.9. The number of ether oxygens (including phenoxy) is 1.